The average Bonchev–Trinajstić information content (AvgIpc) is 2.35. The third-order valence-electron chi connectivity index (χ3n) is 4.05. The Morgan fingerprint density at radius 1 is 1.53 bits per heavy atom. The fourth-order valence-corrected chi connectivity index (χ4v) is 2.67. The lowest BCUT2D eigenvalue weighted by Gasteiger charge is -2.25. The van der Waals surface area contributed by atoms with Crippen molar-refractivity contribution in [3.8, 4) is 0 Å². The maximum absolute atomic E-state index is 11.5. The Hall–Kier alpha value is -1.05. The highest BCUT2D eigenvalue weighted by molar-refractivity contribution is 5.73. The van der Waals surface area contributed by atoms with Crippen molar-refractivity contribution in [1.82, 2.24) is 4.90 Å². The predicted octanol–water partition coefficient (Wildman–Crippen LogP) is 4.18. The number of hydrogen-bond acceptors (Lipinski definition) is 1. The van der Waals surface area contributed by atoms with Crippen LogP contribution >= 0.6 is 0 Å². The van der Waals surface area contributed by atoms with Crippen LogP contribution in [0.5, 0.6) is 0 Å². The van der Waals surface area contributed by atoms with Gasteiger partial charge in [0.1, 0.15) is 0 Å². The van der Waals surface area contributed by atoms with Gasteiger partial charge in [0.15, 0.2) is 0 Å². The maximum Gasteiger partial charge on any atom is 0.219 e. The normalized spacial score (nSPS) is 23.5. The number of allylic oxidation sites excluding steroid dienone is 3. The van der Waals surface area contributed by atoms with Crippen LogP contribution in [-0.2, 0) is 4.79 Å². The van der Waals surface area contributed by atoms with Gasteiger partial charge < -0.3 is 4.90 Å². The molecule has 1 amide bonds. The molecule has 0 aromatic carbocycles. The van der Waals surface area contributed by atoms with E-state index in [1.165, 1.54) is 12.0 Å². The van der Waals surface area contributed by atoms with E-state index in [1.807, 2.05) is 4.90 Å². The van der Waals surface area contributed by atoms with Crippen LogP contribution in [0.4, 0.5) is 0 Å². The number of carbonyl (C=O) groups is 1. The highest BCUT2D eigenvalue weighted by Gasteiger charge is 2.18. The zero-order valence-corrected chi connectivity index (χ0v) is 13.0. The highest BCUT2D eigenvalue weighted by atomic mass is 16.2. The molecule has 2 heteroatoms. The van der Waals surface area contributed by atoms with Gasteiger partial charge in [-0.2, -0.15) is 0 Å². The molecule has 0 bridgehead atoms. The summed E-state index contributed by atoms with van der Waals surface area (Å²) in [5, 5.41) is 0. The molecule has 0 aromatic rings. The third-order valence-corrected chi connectivity index (χ3v) is 4.05. The largest absolute Gasteiger partial charge is 0.339 e. The van der Waals surface area contributed by atoms with Crippen molar-refractivity contribution in [2.24, 2.45) is 11.8 Å². The summed E-state index contributed by atoms with van der Waals surface area (Å²) in [6.45, 7) is 10.0. The Kier molecular flexibility index (Phi) is 6.90. The molecule has 19 heavy (non-hydrogen) atoms. The van der Waals surface area contributed by atoms with E-state index in [2.05, 4.69) is 39.0 Å². The van der Waals surface area contributed by atoms with Gasteiger partial charge in [0.05, 0.1) is 0 Å². The van der Waals surface area contributed by atoms with Gasteiger partial charge in [0, 0.05) is 20.0 Å². The minimum absolute atomic E-state index is 0.186. The minimum Gasteiger partial charge on any atom is -0.339 e. The Bertz CT molecular complexity index is 343. The minimum atomic E-state index is 0.186. The SMILES string of the molecule is CCCCN(CC=CC1CC=C(C)CC1C)C(C)=O. The van der Waals surface area contributed by atoms with E-state index >= 15 is 0 Å². The van der Waals surface area contributed by atoms with Crippen LogP contribution in [0.15, 0.2) is 23.8 Å². The number of hydrogen-bond donors (Lipinski definition) is 0. The van der Waals surface area contributed by atoms with Crippen LogP contribution in [0.1, 0.15) is 53.4 Å². The van der Waals surface area contributed by atoms with Gasteiger partial charge in [-0.15, -0.1) is 0 Å². The first kappa shape index (κ1) is 16.0. The molecule has 1 aliphatic carbocycles. The van der Waals surface area contributed by atoms with Crippen molar-refractivity contribution in [2.75, 3.05) is 13.1 Å². The third kappa shape index (κ3) is 5.63. The topological polar surface area (TPSA) is 20.3 Å². The molecule has 0 saturated heterocycles. The smallest absolute Gasteiger partial charge is 0.219 e. The van der Waals surface area contributed by atoms with E-state index in [1.54, 1.807) is 6.92 Å². The number of carbonyl (C=O) groups excluding carboxylic acids is 1. The summed E-state index contributed by atoms with van der Waals surface area (Å²) in [5.41, 5.74) is 1.52. The van der Waals surface area contributed by atoms with E-state index in [0.717, 1.165) is 38.3 Å². The Labute approximate surface area is 118 Å². The van der Waals surface area contributed by atoms with E-state index in [0.29, 0.717) is 5.92 Å². The van der Waals surface area contributed by atoms with E-state index in [4.69, 9.17) is 0 Å². The lowest BCUT2D eigenvalue weighted by molar-refractivity contribution is -0.128. The van der Waals surface area contributed by atoms with Crippen LogP contribution < -0.4 is 0 Å². The summed E-state index contributed by atoms with van der Waals surface area (Å²) in [7, 11) is 0. The van der Waals surface area contributed by atoms with Gasteiger partial charge in [0.2, 0.25) is 5.91 Å². The molecule has 1 aliphatic rings. The zero-order chi connectivity index (χ0) is 14.3. The highest BCUT2D eigenvalue weighted by Crippen LogP contribution is 2.29. The molecule has 2 nitrogen and oxygen atoms in total. The molecule has 2 atom stereocenters. The van der Waals surface area contributed by atoms with Gasteiger partial charge in [0.25, 0.3) is 0 Å². The van der Waals surface area contributed by atoms with Crippen molar-refractivity contribution in [3.63, 3.8) is 0 Å². The van der Waals surface area contributed by atoms with E-state index < -0.39 is 0 Å². The van der Waals surface area contributed by atoms with Crippen molar-refractivity contribution in [1.29, 1.82) is 0 Å². The average molecular weight is 263 g/mol. The predicted molar refractivity (Wildman–Crippen MR) is 81.9 cm³/mol. The van der Waals surface area contributed by atoms with Gasteiger partial charge in [-0.1, -0.05) is 44.1 Å². The van der Waals surface area contributed by atoms with Gasteiger partial charge in [-0.3, -0.25) is 4.79 Å². The van der Waals surface area contributed by atoms with E-state index in [9.17, 15) is 4.79 Å². The molecule has 0 N–H and O–H groups in total. The molecule has 0 aromatic heterocycles. The first-order chi connectivity index (χ1) is 9.04. The van der Waals surface area contributed by atoms with Crippen molar-refractivity contribution >= 4 is 5.91 Å². The van der Waals surface area contributed by atoms with Crippen LogP contribution in [0.2, 0.25) is 0 Å². The fourth-order valence-electron chi connectivity index (χ4n) is 2.67. The van der Waals surface area contributed by atoms with Crippen LogP contribution in [0.25, 0.3) is 0 Å². The molecule has 108 valence electrons. The standard InChI is InChI=1S/C17H29NO/c1-5-6-11-18(16(4)19)12-7-8-17-10-9-14(2)13-15(17)3/h7-9,15,17H,5-6,10-13H2,1-4H3. The van der Waals surface area contributed by atoms with Crippen LogP contribution in [0, 0.1) is 11.8 Å². The van der Waals surface area contributed by atoms with Crippen LogP contribution in [0.3, 0.4) is 0 Å². The molecule has 0 aliphatic heterocycles. The van der Waals surface area contributed by atoms with Crippen molar-refractivity contribution in [2.45, 2.75) is 53.4 Å². The van der Waals surface area contributed by atoms with Gasteiger partial charge >= 0.3 is 0 Å². The Morgan fingerprint density at radius 3 is 2.84 bits per heavy atom. The molecule has 0 radical (unpaired) electrons. The van der Waals surface area contributed by atoms with Gasteiger partial charge in [-0.25, -0.2) is 0 Å². The first-order valence-corrected chi connectivity index (χ1v) is 7.62. The molecule has 0 fully saturated rings. The number of amides is 1. The Morgan fingerprint density at radius 2 is 2.26 bits per heavy atom. The molecule has 2 unspecified atom stereocenters. The Balaban J connectivity index is 2.45. The molecule has 0 saturated carbocycles. The first-order valence-electron chi connectivity index (χ1n) is 7.62. The summed E-state index contributed by atoms with van der Waals surface area (Å²) >= 11 is 0. The molecular weight excluding hydrogens is 234 g/mol. The monoisotopic (exact) mass is 263 g/mol. The maximum atomic E-state index is 11.5. The number of unbranched alkanes of at least 4 members (excludes halogenated alkanes) is 1. The lowest BCUT2D eigenvalue weighted by Crippen LogP contribution is -2.30. The fraction of sp³-hybridized carbons (Fsp3) is 0.706. The molecule has 1 rings (SSSR count). The summed E-state index contributed by atoms with van der Waals surface area (Å²) in [4.78, 5) is 13.5. The zero-order valence-electron chi connectivity index (χ0n) is 13.0. The summed E-state index contributed by atoms with van der Waals surface area (Å²) in [5.74, 6) is 1.55. The summed E-state index contributed by atoms with van der Waals surface area (Å²) in [6.07, 6.45) is 11.4. The van der Waals surface area contributed by atoms with E-state index in [-0.39, 0.29) is 5.91 Å². The lowest BCUT2D eigenvalue weighted by atomic mass is 9.81. The second-order valence-corrected chi connectivity index (χ2v) is 5.88. The number of nitrogens with zero attached hydrogens (tertiary/aromatic N) is 1. The van der Waals surface area contributed by atoms with Crippen molar-refractivity contribution < 1.29 is 4.79 Å². The molecule has 0 heterocycles. The van der Waals surface area contributed by atoms with Gasteiger partial charge in [-0.05, 0) is 38.0 Å². The van der Waals surface area contributed by atoms with Crippen molar-refractivity contribution in [3.05, 3.63) is 23.8 Å². The molecule has 0 spiro atoms. The summed E-state index contributed by atoms with van der Waals surface area (Å²) in [6, 6.07) is 0. The molecular formula is C17H29NO. The second-order valence-electron chi connectivity index (χ2n) is 5.88. The van der Waals surface area contributed by atoms with Crippen LogP contribution in [-0.4, -0.2) is 23.9 Å². The summed E-state index contributed by atoms with van der Waals surface area (Å²) < 4.78 is 0. The quantitative estimate of drug-likeness (QED) is 0.658. The number of rotatable bonds is 6. The second kappa shape index (κ2) is 8.19.